The lowest BCUT2D eigenvalue weighted by molar-refractivity contribution is -0.158. The average Bonchev–Trinajstić information content (AvgIpc) is 2.52. The van der Waals surface area contributed by atoms with E-state index in [0.29, 0.717) is 11.8 Å². The van der Waals surface area contributed by atoms with Crippen molar-refractivity contribution in [1.29, 1.82) is 0 Å². The Labute approximate surface area is 188 Å². The highest BCUT2D eigenvalue weighted by Gasteiger charge is 2.42. The molecule has 0 bridgehead atoms. The average molecular weight is 431 g/mol. The van der Waals surface area contributed by atoms with Gasteiger partial charge in [-0.25, -0.2) is 0 Å². The minimum absolute atomic E-state index is 0.00341. The maximum Gasteiger partial charge on any atom is 0.0724 e. The summed E-state index contributed by atoms with van der Waals surface area (Å²) in [6, 6.07) is 0. The summed E-state index contributed by atoms with van der Waals surface area (Å²) in [6.07, 6.45) is 6.35. The second-order valence-electron chi connectivity index (χ2n) is 12.1. The predicted molar refractivity (Wildman–Crippen MR) is 130 cm³/mol. The molecule has 0 amide bonds. The summed E-state index contributed by atoms with van der Waals surface area (Å²) in [5.74, 6) is 1.05. The quantitative estimate of drug-likeness (QED) is 0.229. The van der Waals surface area contributed by atoms with E-state index in [9.17, 15) is 0 Å². The Morgan fingerprint density at radius 3 is 1.79 bits per heavy atom. The third-order valence-corrected chi connectivity index (χ3v) is 8.03. The van der Waals surface area contributed by atoms with E-state index in [1.54, 1.807) is 0 Å². The fourth-order valence-corrected chi connectivity index (χ4v) is 3.36. The van der Waals surface area contributed by atoms with Gasteiger partial charge in [0.05, 0.1) is 17.3 Å². The molecule has 0 aromatic heterocycles. The van der Waals surface area contributed by atoms with Gasteiger partial charge in [0.15, 0.2) is 0 Å². The van der Waals surface area contributed by atoms with Crippen LogP contribution in [0, 0.1) is 22.2 Å². The van der Waals surface area contributed by atoms with Crippen LogP contribution in [0.25, 0.3) is 0 Å². The van der Waals surface area contributed by atoms with E-state index in [1.165, 1.54) is 0 Å². The zero-order valence-electron chi connectivity index (χ0n) is 21.8. The molecule has 2 atom stereocenters. The van der Waals surface area contributed by atoms with Crippen LogP contribution in [0.5, 0.6) is 0 Å². The van der Waals surface area contributed by atoms with Gasteiger partial charge in [0.2, 0.25) is 0 Å². The number of hydrogen-bond donors (Lipinski definition) is 0. The standard InChI is InChI=1S/C26H51ClO2/c1-14-16-23(6,7)20(2)15-17-28-26(12,13)24(8,9)18-21(19-27)29-25(10,11)22(3,4)5/h14,16,20-21H,15,17-19H2,1-13H3. The first-order chi connectivity index (χ1) is 12.8. The van der Waals surface area contributed by atoms with Crippen LogP contribution in [0.4, 0.5) is 0 Å². The van der Waals surface area contributed by atoms with Crippen molar-refractivity contribution in [3.05, 3.63) is 12.2 Å². The molecule has 0 aromatic carbocycles. The molecule has 2 unspecified atom stereocenters. The summed E-state index contributed by atoms with van der Waals surface area (Å²) in [4.78, 5) is 0. The van der Waals surface area contributed by atoms with Crippen molar-refractivity contribution in [3.63, 3.8) is 0 Å². The van der Waals surface area contributed by atoms with Crippen molar-refractivity contribution in [1.82, 2.24) is 0 Å². The normalized spacial score (nSPS) is 17.0. The molecule has 0 saturated carbocycles. The van der Waals surface area contributed by atoms with Gasteiger partial charge in [0.25, 0.3) is 0 Å². The van der Waals surface area contributed by atoms with Crippen LogP contribution < -0.4 is 0 Å². The number of rotatable bonds is 12. The third-order valence-electron chi connectivity index (χ3n) is 7.69. The van der Waals surface area contributed by atoms with Gasteiger partial charge in [-0.3, -0.25) is 0 Å². The molecule has 0 spiro atoms. The van der Waals surface area contributed by atoms with Crippen LogP contribution in [0.2, 0.25) is 0 Å². The smallest absolute Gasteiger partial charge is 0.0724 e. The number of hydrogen-bond acceptors (Lipinski definition) is 2. The highest BCUT2D eigenvalue weighted by Crippen LogP contribution is 2.42. The molecule has 3 heteroatoms. The van der Waals surface area contributed by atoms with Crippen LogP contribution >= 0.6 is 11.6 Å². The Kier molecular flexibility index (Phi) is 10.5. The molecule has 2 nitrogen and oxygen atoms in total. The number of ether oxygens (including phenoxy) is 2. The molecule has 0 rings (SSSR count). The lowest BCUT2D eigenvalue weighted by atomic mass is 9.72. The van der Waals surface area contributed by atoms with Crippen molar-refractivity contribution >= 4 is 11.6 Å². The first kappa shape index (κ1) is 28.9. The van der Waals surface area contributed by atoms with Gasteiger partial charge in [0.1, 0.15) is 0 Å². The molecule has 0 heterocycles. The van der Waals surface area contributed by atoms with Gasteiger partial charge < -0.3 is 9.47 Å². The predicted octanol–water partition coefficient (Wildman–Crippen LogP) is 8.28. The van der Waals surface area contributed by atoms with Crippen molar-refractivity contribution in [2.24, 2.45) is 22.2 Å². The molecule has 0 radical (unpaired) electrons. The van der Waals surface area contributed by atoms with Gasteiger partial charge in [-0.1, -0.05) is 67.5 Å². The highest BCUT2D eigenvalue weighted by atomic mass is 35.5. The molecule has 0 aromatic rings. The second-order valence-corrected chi connectivity index (χ2v) is 12.4. The van der Waals surface area contributed by atoms with Crippen LogP contribution in [-0.2, 0) is 9.47 Å². The number of halogens is 1. The number of alkyl halides is 1. The van der Waals surface area contributed by atoms with Gasteiger partial charge in [0, 0.05) is 12.5 Å². The first-order valence-corrected chi connectivity index (χ1v) is 11.9. The van der Waals surface area contributed by atoms with Crippen molar-refractivity contribution < 1.29 is 9.47 Å². The van der Waals surface area contributed by atoms with E-state index >= 15 is 0 Å². The maximum absolute atomic E-state index is 6.50. The summed E-state index contributed by atoms with van der Waals surface area (Å²) >= 11 is 6.33. The van der Waals surface area contributed by atoms with E-state index in [4.69, 9.17) is 21.1 Å². The van der Waals surface area contributed by atoms with Gasteiger partial charge in [-0.05, 0) is 69.6 Å². The Morgan fingerprint density at radius 1 is 0.862 bits per heavy atom. The Hall–Kier alpha value is -0.0500. The molecule has 0 saturated heterocycles. The summed E-state index contributed by atoms with van der Waals surface area (Å²) in [5.41, 5.74) is -0.349. The summed E-state index contributed by atoms with van der Waals surface area (Å²) in [7, 11) is 0. The zero-order valence-corrected chi connectivity index (χ0v) is 22.6. The maximum atomic E-state index is 6.50. The fraction of sp³-hybridized carbons (Fsp3) is 0.923. The SMILES string of the molecule is CC=CC(C)(C)C(C)CCOC(C)(C)C(C)(C)CC(CCl)OC(C)(C)C(C)(C)C. The van der Waals surface area contributed by atoms with Crippen LogP contribution in [0.3, 0.4) is 0 Å². The topological polar surface area (TPSA) is 18.5 Å². The molecule has 29 heavy (non-hydrogen) atoms. The van der Waals surface area contributed by atoms with Crippen molar-refractivity contribution in [3.8, 4) is 0 Å². The summed E-state index contributed by atoms with van der Waals surface area (Å²) in [6.45, 7) is 29.7. The molecule has 0 fully saturated rings. The monoisotopic (exact) mass is 430 g/mol. The molecule has 0 N–H and O–H groups in total. The lowest BCUT2D eigenvalue weighted by Gasteiger charge is -2.46. The molecule has 174 valence electrons. The molecule has 0 aliphatic carbocycles. The first-order valence-electron chi connectivity index (χ1n) is 11.3. The second kappa shape index (κ2) is 10.5. The van der Waals surface area contributed by atoms with Crippen molar-refractivity contribution in [2.45, 2.75) is 120 Å². The van der Waals surface area contributed by atoms with Gasteiger partial charge in [-0.2, -0.15) is 0 Å². The highest BCUT2D eigenvalue weighted by molar-refractivity contribution is 6.18. The summed E-state index contributed by atoms with van der Waals surface area (Å²) < 4.78 is 13.0. The summed E-state index contributed by atoms with van der Waals surface area (Å²) in [5, 5.41) is 0. The van der Waals surface area contributed by atoms with Crippen molar-refractivity contribution in [2.75, 3.05) is 12.5 Å². The molecular formula is C26H51ClO2. The van der Waals surface area contributed by atoms with E-state index in [0.717, 1.165) is 19.4 Å². The van der Waals surface area contributed by atoms with E-state index < -0.39 is 0 Å². The largest absolute Gasteiger partial charge is 0.375 e. The molecular weight excluding hydrogens is 380 g/mol. The Morgan fingerprint density at radius 2 is 1.38 bits per heavy atom. The minimum Gasteiger partial charge on any atom is -0.375 e. The Bertz CT molecular complexity index is 509. The number of allylic oxidation sites excluding steroid dienone is 2. The van der Waals surface area contributed by atoms with Crippen LogP contribution in [0.15, 0.2) is 12.2 Å². The van der Waals surface area contributed by atoms with Crippen LogP contribution in [-0.4, -0.2) is 29.8 Å². The molecule has 0 aliphatic rings. The van der Waals surface area contributed by atoms with Crippen LogP contribution in [0.1, 0.15) is 103 Å². The van der Waals surface area contributed by atoms with Gasteiger partial charge in [-0.15, -0.1) is 11.6 Å². The van der Waals surface area contributed by atoms with E-state index in [2.05, 4.69) is 102 Å². The third kappa shape index (κ3) is 8.54. The van der Waals surface area contributed by atoms with Gasteiger partial charge >= 0.3 is 0 Å². The molecule has 0 aliphatic heterocycles. The lowest BCUT2D eigenvalue weighted by Crippen LogP contribution is -2.48. The van der Waals surface area contributed by atoms with E-state index in [-0.39, 0.29) is 33.6 Å². The minimum atomic E-state index is -0.267. The zero-order chi connectivity index (χ0) is 23.3. The fourth-order valence-electron chi connectivity index (χ4n) is 3.19. The Balaban J connectivity index is 5.03. The van der Waals surface area contributed by atoms with E-state index in [1.807, 2.05) is 0 Å².